The molecule has 1 saturated heterocycles. The van der Waals surface area contributed by atoms with Crippen LogP contribution >= 0.6 is 11.3 Å². The molecule has 0 radical (unpaired) electrons. The molecular weight excluding hydrogens is 290 g/mol. The van der Waals surface area contributed by atoms with Crippen molar-refractivity contribution >= 4 is 29.1 Å². The van der Waals surface area contributed by atoms with Crippen molar-refractivity contribution in [1.29, 1.82) is 0 Å². The molecule has 0 aliphatic carbocycles. The second-order valence-electron chi connectivity index (χ2n) is 5.20. The molecule has 1 fully saturated rings. The number of hydrogen-bond acceptors (Lipinski definition) is 4. The highest BCUT2D eigenvalue weighted by Gasteiger charge is 2.31. The van der Waals surface area contributed by atoms with Crippen LogP contribution in [0, 0.1) is 5.92 Å². The third kappa shape index (κ3) is 4.04. The molecule has 3 N–H and O–H groups in total. The van der Waals surface area contributed by atoms with E-state index in [0.717, 1.165) is 4.88 Å². The van der Waals surface area contributed by atoms with Crippen LogP contribution in [0.4, 0.5) is 0 Å². The Balaban J connectivity index is 1.99. The fourth-order valence-electron chi connectivity index (χ4n) is 2.48. The number of carbonyl (C=O) groups is 3. The molecule has 0 saturated carbocycles. The molecule has 1 aliphatic heterocycles. The predicted octanol–water partition coefficient (Wildman–Crippen LogP) is 0.649. The molecule has 6 nitrogen and oxygen atoms in total. The van der Waals surface area contributed by atoms with Gasteiger partial charge in [0, 0.05) is 24.9 Å². The van der Waals surface area contributed by atoms with Gasteiger partial charge in [0.05, 0.1) is 18.4 Å². The Labute approximate surface area is 127 Å². The van der Waals surface area contributed by atoms with Gasteiger partial charge in [0.2, 0.25) is 17.7 Å². The molecule has 3 amide bonds. The topological polar surface area (TPSA) is 92.5 Å². The van der Waals surface area contributed by atoms with Crippen molar-refractivity contribution in [2.24, 2.45) is 11.7 Å². The van der Waals surface area contributed by atoms with Gasteiger partial charge in [-0.3, -0.25) is 14.4 Å². The van der Waals surface area contributed by atoms with E-state index in [1.165, 1.54) is 18.3 Å². The van der Waals surface area contributed by atoms with E-state index in [2.05, 4.69) is 5.32 Å². The van der Waals surface area contributed by atoms with Gasteiger partial charge >= 0.3 is 0 Å². The Morgan fingerprint density at radius 2 is 2.29 bits per heavy atom. The Hall–Kier alpha value is -1.89. The van der Waals surface area contributed by atoms with E-state index in [-0.39, 0.29) is 36.1 Å². The zero-order valence-corrected chi connectivity index (χ0v) is 12.7. The zero-order chi connectivity index (χ0) is 15.4. The highest BCUT2D eigenvalue weighted by molar-refractivity contribution is 7.10. The summed E-state index contributed by atoms with van der Waals surface area (Å²) in [6.45, 7) is 2.36. The second-order valence-corrected chi connectivity index (χ2v) is 6.18. The maximum atomic E-state index is 12.3. The number of rotatable bonds is 5. The van der Waals surface area contributed by atoms with E-state index < -0.39 is 0 Å². The van der Waals surface area contributed by atoms with Crippen LogP contribution in [0.1, 0.15) is 30.7 Å². The van der Waals surface area contributed by atoms with Crippen molar-refractivity contribution in [1.82, 2.24) is 10.2 Å². The third-order valence-electron chi connectivity index (χ3n) is 3.59. The molecule has 114 valence electrons. The Morgan fingerprint density at radius 3 is 2.81 bits per heavy atom. The smallest absolute Gasteiger partial charge is 0.225 e. The average Bonchev–Trinajstić information content (AvgIpc) is 3.09. The van der Waals surface area contributed by atoms with Crippen molar-refractivity contribution in [3.63, 3.8) is 0 Å². The maximum absolute atomic E-state index is 12.3. The van der Waals surface area contributed by atoms with Crippen LogP contribution in [0.15, 0.2) is 17.5 Å². The molecule has 21 heavy (non-hydrogen) atoms. The van der Waals surface area contributed by atoms with Crippen molar-refractivity contribution < 1.29 is 14.4 Å². The van der Waals surface area contributed by atoms with E-state index in [4.69, 9.17) is 5.73 Å². The number of nitrogens with zero attached hydrogens (tertiary/aromatic N) is 1. The van der Waals surface area contributed by atoms with E-state index in [9.17, 15) is 14.4 Å². The summed E-state index contributed by atoms with van der Waals surface area (Å²) in [7, 11) is 0. The summed E-state index contributed by atoms with van der Waals surface area (Å²) in [4.78, 5) is 37.4. The number of likely N-dealkylation sites (tertiary alicyclic amines) is 1. The number of nitrogens with two attached hydrogens (primary N) is 1. The summed E-state index contributed by atoms with van der Waals surface area (Å²) in [5.74, 6) is -0.847. The van der Waals surface area contributed by atoms with Gasteiger partial charge in [0.25, 0.3) is 0 Å². The van der Waals surface area contributed by atoms with Crippen LogP contribution < -0.4 is 11.1 Å². The number of nitrogens with one attached hydrogen (secondary N) is 1. The van der Waals surface area contributed by atoms with Gasteiger partial charge in [-0.25, -0.2) is 0 Å². The minimum Gasteiger partial charge on any atom is -0.369 e. The minimum atomic E-state index is -0.359. The molecule has 2 atom stereocenters. The molecule has 0 aromatic carbocycles. The van der Waals surface area contributed by atoms with E-state index in [1.807, 2.05) is 17.5 Å². The Morgan fingerprint density at radius 1 is 1.52 bits per heavy atom. The quantitative estimate of drug-likeness (QED) is 0.836. The summed E-state index contributed by atoms with van der Waals surface area (Å²) in [5.41, 5.74) is 5.27. The van der Waals surface area contributed by atoms with Crippen LogP contribution in [0.2, 0.25) is 0 Å². The van der Waals surface area contributed by atoms with Crippen molar-refractivity contribution in [2.45, 2.75) is 25.8 Å². The standard InChI is InChI=1S/C14H19N3O3S/c1-9(18)16-11(12-3-2-6-21-12)7-13(19)17-5-4-10(8-17)14(15)20/h2-3,6,10-11H,4-5,7-8H2,1H3,(H2,15,20)(H,16,18). The van der Waals surface area contributed by atoms with Crippen molar-refractivity contribution in [3.8, 4) is 0 Å². The van der Waals surface area contributed by atoms with Gasteiger partial charge in [0.15, 0.2) is 0 Å². The van der Waals surface area contributed by atoms with E-state index in [0.29, 0.717) is 19.5 Å². The first-order valence-corrected chi connectivity index (χ1v) is 7.73. The average molecular weight is 309 g/mol. The molecule has 1 aliphatic rings. The van der Waals surface area contributed by atoms with E-state index in [1.54, 1.807) is 4.90 Å². The number of primary amides is 1. The van der Waals surface area contributed by atoms with Gasteiger partial charge in [0.1, 0.15) is 0 Å². The van der Waals surface area contributed by atoms with E-state index >= 15 is 0 Å². The van der Waals surface area contributed by atoms with Crippen LogP contribution in [0.25, 0.3) is 0 Å². The number of carbonyl (C=O) groups excluding carboxylic acids is 3. The fraction of sp³-hybridized carbons (Fsp3) is 0.500. The Kier molecular flexibility index (Phi) is 4.95. The molecular formula is C14H19N3O3S. The highest BCUT2D eigenvalue weighted by Crippen LogP contribution is 2.24. The van der Waals surface area contributed by atoms with Crippen LogP contribution in [0.3, 0.4) is 0 Å². The largest absolute Gasteiger partial charge is 0.369 e. The molecule has 2 rings (SSSR count). The van der Waals surface area contributed by atoms with Gasteiger partial charge in [-0.15, -0.1) is 11.3 Å². The normalized spacial score (nSPS) is 19.3. The third-order valence-corrected chi connectivity index (χ3v) is 4.57. The molecule has 1 aromatic heterocycles. The fourth-order valence-corrected chi connectivity index (χ4v) is 3.26. The highest BCUT2D eigenvalue weighted by atomic mass is 32.1. The SMILES string of the molecule is CC(=O)NC(CC(=O)N1CCC(C(N)=O)C1)c1cccs1. The van der Waals surface area contributed by atoms with Crippen LogP contribution in [-0.2, 0) is 14.4 Å². The van der Waals surface area contributed by atoms with Gasteiger partial charge in [-0.2, -0.15) is 0 Å². The molecule has 7 heteroatoms. The first-order valence-electron chi connectivity index (χ1n) is 6.85. The van der Waals surface area contributed by atoms with Crippen molar-refractivity contribution in [2.75, 3.05) is 13.1 Å². The lowest BCUT2D eigenvalue weighted by Gasteiger charge is -2.21. The van der Waals surface area contributed by atoms with Crippen molar-refractivity contribution in [3.05, 3.63) is 22.4 Å². The first-order chi connectivity index (χ1) is 9.97. The van der Waals surface area contributed by atoms with Crippen LogP contribution in [-0.4, -0.2) is 35.7 Å². The zero-order valence-electron chi connectivity index (χ0n) is 11.9. The Bertz CT molecular complexity index is 530. The first kappa shape index (κ1) is 15.5. The number of amides is 3. The van der Waals surface area contributed by atoms with Crippen LogP contribution in [0.5, 0.6) is 0 Å². The molecule has 0 bridgehead atoms. The second kappa shape index (κ2) is 6.71. The molecule has 2 heterocycles. The van der Waals surface area contributed by atoms with Gasteiger partial charge in [-0.05, 0) is 17.9 Å². The lowest BCUT2D eigenvalue weighted by Crippen LogP contribution is -2.35. The summed E-state index contributed by atoms with van der Waals surface area (Å²) >= 11 is 1.50. The van der Waals surface area contributed by atoms with Gasteiger partial charge in [-0.1, -0.05) is 6.07 Å². The maximum Gasteiger partial charge on any atom is 0.225 e. The number of thiophene rings is 1. The molecule has 2 unspecified atom stereocenters. The summed E-state index contributed by atoms with van der Waals surface area (Å²) in [6, 6.07) is 3.47. The number of hydrogen-bond donors (Lipinski definition) is 2. The predicted molar refractivity (Wildman–Crippen MR) is 79.4 cm³/mol. The summed E-state index contributed by atoms with van der Waals surface area (Å²) in [5, 5.41) is 4.71. The lowest BCUT2D eigenvalue weighted by molar-refractivity contribution is -0.131. The lowest BCUT2D eigenvalue weighted by atomic mass is 10.1. The van der Waals surface area contributed by atoms with Gasteiger partial charge < -0.3 is 16.0 Å². The minimum absolute atomic E-state index is 0.0640. The summed E-state index contributed by atoms with van der Waals surface area (Å²) in [6.07, 6.45) is 0.816. The molecule has 0 spiro atoms. The monoisotopic (exact) mass is 309 g/mol. The molecule has 1 aromatic rings. The summed E-state index contributed by atoms with van der Waals surface area (Å²) < 4.78 is 0.